The summed E-state index contributed by atoms with van der Waals surface area (Å²) in [6.45, 7) is 4.52. The number of aliphatic hydroxyl groups excluding tert-OH is 1. The zero-order valence-electron chi connectivity index (χ0n) is 32.1. The quantitative estimate of drug-likeness (QED) is 0.0338. The largest absolute Gasteiger partial charge is 0.387 e. The van der Waals surface area contributed by atoms with Crippen LogP contribution in [-0.4, -0.2) is 41.9 Å². The Morgan fingerprint density at radius 2 is 0.878 bits per heavy atom. The molecule has 2 unspecified atom stereocenters. The number of rotatable bonds is 37. The minimum atomic E-state index is -4.35. The fourth-order valence-corrected chi connectivity index (χ4v) is 6.90. The first-order chi connectivity index (χ1) is 23.8. The van der Waals surface area contributed by atoms with E-state index in [1.807, 2.05) is 6.08 Å². The van der Waals surface area contributed by atoms with Crippen LogP contribution in [0.3, 0.4) is 0 Å². The Hall–Kier alpha value is -1.44. The van der Waals surface area contributed by atoms with Crippen molar-refractivity contribution in [2.24, 2.45) is 0 Å². The second kappa shape index (κ2) is 36.4. The Morgan fingerprint density at radius 1 is 0.531 bits per heavy atom. The van der Waals surface area contributed by atoms with Gasteiger partial charge in [0.15, 0.2) is 0 Å². The van der Waals surface area contributed by atoms with Gasteiger partial charge < -0.3 is 10.4 Å². The van der Waals surface area contributed by atoms with E-state index in [2.05, 4.69) is 43.5 Å². The molecule has 6 nitrogen and oxygen atoms in total. The van der Waals surface area contributed by atoms with Crippen molar-refractivity contribution in [1.29, 1.82) is 0 Å². The van der Waals surface area contributed by atoms with E-state index in [-0.39, 0.29) is 12.3 Å². The van der Waals surface area contributed by atoms with E-state index in [9.17, 15) is 22.9 Å². The van der Waals surface area contributed by atoms with Crippen LogP contribution in [0.25, 0.3) is 0 Å². The van der Waals surface area contributed by atoms with Crippen molar-refractivity contribution in [1.82, 2.24) is 5.32 Å². The van der Waals surface area contributed by atoms with Crippen molar-refractivity contribution in [3.63, 3.8) is 0 Å². The van der Waals surface area contributed by atoms with Gasteiger partial charge in [0.25, 0.3) is 10.1 Å². The SMILES string of the molecule is CCCCCCCCC/C=C\CCCCCCCC(=O)NC(CS(=O)(=O)O)C(O)/C=C/CC/C=C/CCCCCCCCCCCCCC. The molecule has 1 amide bonds. The summed E-state index contributed by atoms with van der Waals surface area (Å²) in [5.74, 6) is -1.01. The number of hydrogen-bond acceptors (Lipinski definition) is 4. The minimum absolute atomic E-state index is 0.279. The lowest BCUT2D eigenvalue weighted by Gasteiger charge is -2.21. The molecule has 7 heteroatoms. The smallest absolute Gasteiger partial charge is 0.267 e. The van der Waals surface area contributed by atoms with Gasteiger partial charge in [0.1, 0.15) is 0 Å². The monoisotopic (exact) mass is 710 g/mol. The zero-order valence-corrected chi connectivity index (χ0v) is 32.9. The molecular weight excluding hydrogens is 631 g/mol. The summed E-state index contributed by atoms with van der Waals surface area (Å²) >= 11 is 0. The zero-order chi connectivity index (χ0) is 36.1. The first kappa shape index (κ1) is 47.6. The molecule has 0 saturated carbocycles. The van der Waals surface area contributed by atoms with E-state index in [1.54, 1.807) is 0 Å². The molecular formula is C42H79NO5S. The standard InChI is InChI=1S/C42H79NO5S/c1-3-5-7-9-11-13-15-17-19-21-22-23-25-27-29-31-33-35-37-41(44)40(39-49(46,47)48)43-42(45)38-36-34-32-30-28-26-24-20-18-16-14-12-10-8-6-4-2/h20,24,27,29,35,37,40-41,44H,3-19,21-23,25-26,28,30-34,36,38-39H2,1-2H3,(H,43,45)(H,46,47,48)/b24-20-,29-27+,37-35+. The molecule has 0 bridgehead atoms. The van der Waals surface area contributed by atoms with Crippen molar-refractivity contribution in [2.75, 3.05) is 5.75 Å². The van der Waals surface area contributed by atoms with Gasteiger partial charge >= 0.3 is 0 Å². The first-order valence-electron chi connectivity index (χ1n) is 20.7. The molecule has 0 rings (SSSR count). The fourth-order valence-electron chi connectivity index (χ4n) is 6.17. The van der Waals surface area contributed by atoms with Gasteiger partial charge in [-0.2, -0.15) is 8.42 Å². The van der Waals surface area contributed by atoms with Crippen LogP contribution in [0.4, 0.5) is 0 Å². The van der Waals surface area contributed by atoms with Crippen molar-refractivity contribution in [3.8, 4) is 0 Å². The summed E-state index contributed by atoms with van der Waals surface area (Å²) in [6, 6.07) is -1.08. The number of hydrogen-bond donors (Lipinski definition) is 3. The Kier molecular flexibility index (Phi) is 35.3. The van der Waals surface area contributed by atoms with Crippen molar-refractivity contribution in [2.45, 2.75) is 219 Å². The van der Waals surface area contributed by atoms with Gasteiger partial charge in [0, 0.05) is 6.42 Å². The van der Waals surface area contributed by atoms with Crippen molar-refractivity contribution >= 4 is 16.0 Å². The summed E-state index contributed by atoms with van der Waals surface area (Å²) in [4.78, 5) is 12.5. The summed E-state index contributed by atoms with van der Waals surface area (Å²) in [5, 5.41) is 13.2. The molecule has 0 aromatic heterocycles. The molecule has 0 aromatic carbocycles. The molecule has 288 valence electrons. The van der Waals surface area contributed by atoms with Crippen LogP contribution < -0.4 is 5.32 Å². The van der Waals surface area contributed by atoms with E-state index in [4.69, 9.17) is 0 Å². The maximum Gasteiger partial charge on any atom is 0.267 e. The van der Waals surface area contributed by atoms with Gasteiger partial charge in [0.05, 0.1) is 17.9 Å². The van der Waals surface area contributed by atoms with E-state index in [0.717, 1.165) is 51.4 Å². The number of carbonyl (C=O) groups is 1. The highest BCUT2D eigenvalue weighted by molar-refractivity contribution is 7.85. The molecule has 0 saturated heterocycles. The third kappa shape index (κ3) is 37.6. The number of allylic oxidation sites excluding steroid dienone is 5. The second-order valence-corrected chi connectivity index (χ2v) is 15.8. The van der Waals surface area contributed by atoms with E-state index >= 15 is 0 Å². The minimum Gasteiger partial charge on any atom is -0.387 e. The molecule has 2 atom stereocenters. The number of aliphatic hydroxyl groups is 1. The molecule has 0 aliphatic rings. The summed E-state index contributed by atoms with van der Waals surface area (Å²) in [5.41, 5.74) is 0. The topological polar surface area (TPSA) is 104 Å². The van der Waals surface area contributed by atoms with Crippen molar-refractivity contribution in [3.05, 3.63) is 36.5 Å². The molecule has 0 radical (unpaired) electrons. The lowest BCUT2D eigenvalue weighted by Crippen LogP contribution is -2.46. The van der Waals surface area contributed by atoms with Crippen LogP contribution in [0.2, 0.25) is 0 Å². The number of unbranched alkanes of at least 4 members (excludes halogenated alkanes) is 25. The highest BCUT2D eigenvalue weighted by atomic mass is 32.2. The maximum atomic E-state index is 12.5. The van der Waals surface area contributed by atoms with Crippen LogP contribution >= 0.6 is 0 Å². The molecule has 3 N–H and O–H groups in total. The average molecular weight is 710 g/mol. The predicted molar refractivity (Wildman–Crippen MR) is 212 cm³/mol. The summed E-state index contributed by atoms with van der Waals surface area (Å²) in [7, 11) is -4.35. The van der Waals surface area contributed by atoms with Crippen LogP contribution in [0.15, 0.2) is 36.5 Å². The Balaban J connectivity index is 3.98. The van der Waals surface area contributed by atoms with Gasteiger partial charge in [-0.1, -0.05) is 179 Å². The highest BCUT2D eigenvalue weighted by Gasteiger charge is 2.24. The predicted octanol–water partition coefficient (Wildman–Crippen LogP) is 12.1. The first-order valence-corrected chi connectivity index (χ1v) is 22.3. The lowest BCUT2D eigenvalue weighted by atomic mass is 10.0. The Morgan fingerprint density at radius 3 is 1.29 bits per heavy atom. The molecule has 49 heavy (non-hydrogen) atoms. The number of nitrogens with one attached hydrogen (secondary N) is 1. The van der Waals surface area contributed by atoms with Crippen molar-refractivity contribution < 1.29 is 22.9 Å². The van der Waals surface area contributed by atoms with Gasteiger partial charge in [-0.3, -0.25) is 9.35 Å². The van der Waals surface area contributed by atoms with Gasteiger partial charge in [-0.05, 0) is 57.8 Å². The third-order valence-electron chi connectivity index (χ3n) is 9.29. The molecule has 0 aromatic rings. The van der Waals surface area contributed by atoms with E-state index in [1.165, 1.54) is 134 Å². The van der Waals surface area contributed by atoms with Crippen LogP contribution in [-0.2, 0) is 14.9 Å². The van der Waals surface area contributed by atoms with Gasteiger partial charge in [-0.15, -0.1) is 0 Å². The lowest BCUT2D eigenvalue weighted by molar-refractivity contribution is -0.122. The molecule has 0 fully saturated rings. The third-order valence-corrected chi connectivity index (χ3v) is 10.1. The molecule has 0 spiro atoms. The van der Waals surface area contributed by atoms with Crippen LogP contribution in [0.1, 0.15) is 206 Å². The van der Waals surface area contributed by atoms with Gasteiger partial charge in [-0.25, -0.2) is 0 Å². The summed E-state index contributed by atoms with van der Waals surface area (Å²) < 4.78 is 32.5. The molecule has 0 aliphatic heterocycles. The normalized spacial score (nSPS) is 13.6. The molecule has 0 heterocycles. The number of amides is 1. The van der Waals surface area contributed by atoms with Crippen LogP contribution in [0, 0.1) is 0 Å². The average Bonchev–Trinajstić information content (AvgIpc) is 3.06. The Bertz CT molecular complexity index is 914. The second-order valence-electron chi connectivity index (χ2n) is 14.3. The summed E-state index contributed by atoms with van der Waals surface area (Å²) in [6.07, 6.45) is 47.0. The van der Waals surface area contributed by atoms with E-state index < -0.39 is 28.0 Å². The number of carbonyl (C=O) groups excluding carboxylic acids is 1. The highest BCUT2D eigenvalue weighted by Crippen LogP contribution is 2.14. The Labute approximate surface area is 304 Å². The molecule has 0 aliphatic carbocycles. The maximum absolute atomic E-state index is 12.5. The van der Waals surface area contributed by atoms with Gasteiger partial charge in [0.2, 0.25) is 5.91 Å². The fraction of sp³-hybridized carbons (Fsp3) is 0.833. The van der Waals surface area contributed by atoms with Crippen LogP contribution in [0.5, 0.6) is 0 Å². The van der Waals surface area contributed by atoms with E-state index in [0.29, 0.717) is 6.42 Å².